The molecular formula is C21H25NO3. The lowest BCUT2D eigenvalue weighted by Crippen LogP contribution is -2.33. The first-order valence-electron chi connectivity index (χ1n) is 8.28. The van der Waals surface area contributed by atoms with E-state index in [2.05, 4.69) is 6.58 Å². The molecule has 4 heteroatoms. The first kappa shape index (κ1) is 18.6. The molecule has 0 aliphatic heterocycles. The Morgan fingerprint density at radius 1 is 1.20 bits per heavy atom. The van der Waals surface area contributed by atoms with Gasteiger partial charge in [-0.05, 0) is 36.6 Å². The molecule has 0 aliphatic rings. The topological polar surface area (TPSA) is 38.8 Å². The summed E-state index contributed by atoms with van der Waals surface area (Å²) < 4.78 is 11.0. The number of likely N-dealkylation sites (N-methyl/N-ethyl adjacent to an activating group) is 1. The van der Waals surface area contributed by atoms with Gasteiger partial charge in [0, 0.05) is 7.05 Å². The number of hydrogen-bond donors (Lipinski definition) is 0. The molecule has 0 aromatic heterocycles. The van der Waals surface area contributed by atoms with Crippen molar-refractivity contribution >= 4 is 5.91 Å². The Kier molecular flexibility index (Phi) is 6.63. The van der Waals surface area contributed by atoms with E-state index in [-0.39, 0.29) is 18.6 Å². The molecule has 0 radical (unpaired) electrons. The van der Waals surface area contributed by atoms with E-state index in [1.165, 1.54) is 0 Å². The van der Waals surface area contributed by atoms with Crippen molar-refractivity contribution in [3.63, 3.8) is 0 Å². The zero-order valence-corrected chi connectivity index (χ0v) is 15.1. The number of hydrogen-bond acceptors (Lipinski definition) is 3. The number of benzene rings is 2. The van der Waals surface area contributed by atoms with Gasteiger partial charge in [-0.1, -0.05) is 42.5 Å². The quantitative estimate of drug-likeness (QED) is 0.682. The van der Waals surface area contributed by atoms with Gasteiger partial charge in [0.05, 0.1) is 13.2 Å². The van der Waals surface area contributed by atoms with Crippen molar-refractivity contribution in [2.45, 2.75) is 19.4 Å². The van der Waals surface area contributed by atoms with E-state index in [0.29, 0.717) is 11.5 Å². The molecule has 2 aromatic rings. The van der Waals surface area contributed by atoms with Crippen LogP contribution in [-0.2, 0) is 11.2 Å². The van der Waals surface area contributed by atoms with Gasteiger partial charge >= 0.3 is 0 Å². The molecular weight excluding hydrogens is 314 g/mol. The summed E-state index contributed by atoms with van der Waals surface area (Å²) in [6, 6.07) is 15.6. The van der Waals surface area contributed by atoms with E-state index >= 15 is 0 Å². The van der Waals surface area contributed by atoms with E-state index in [9.17, 15) is 4.79 Å². The minimum atomic E-state index is -0.0893. The fraction of sp³-hybridized carbons (Fsp3) is 0.286. The van der Waals surface area contributed by atoms with E-state index in [4.69, 9.17) is 9.47 Å². The van der Waals surface area contributed by atoms with Crippen molar-refractivity contribution in [3.8, 4) is 11.5 Å². The fourth-order valence-corrected chi connectivity index (χ4v) is 2.54. The lowest BCUT2D eigenvalue weighted by Gasteiger charge is -2.25. The first-order chi connectivity index (χ1) is 12.1. The molecule has 25 heavy (non-hydrogen) atoms. The second-order valence-corrected chi connectivity index (χ2v) is 5.86. The number of carbonyl (C=O) groups is 1. The van der Waals surface area contributed by atoms with Gasteiger partial charge in [-0.15, -0.1) is 6.58 Å². The molecule has 2 rings (SSSR count). The van der Waals surface area contributed by atoms with Crippen molar-refractivity contribution in [2.75, 3.05) is 20.8 Å². The van der Waals surface area contributed by atoms with Gasteiger partial charge < -0.3 is 14.4 Å². The molecule has 1 amide bonds. The van der Waals surface area contributed by atoms with Crippen LogP contribution in [0, 0.1) is 0 Å². The average molecular weight is 339 g/mol. The molecule has 1 unspecified atom stereocenters. The minimum Gasteiger partial charge on any atom is -0.493 e. The molecule has 0 bridgehead atoms. The lowest BCUT2D eigenvalue weighted by molar-refractivity contribution is -0.134. The third-order valence-corrected chi connectivity index (χ3v) is 4.22. The van der Waals surface area contributed by atoms with Crippen LogP contribution >= 0.6 is 0 Å². The largest absolute Gasteiger partial charge is 0.493 e. The van der Waals surface area contributed by atoms with Gasteiger partial charge in [-0.2, -0.15) is 0 Å². The predicted octanol–water partition coefficient (Wildman–Crippen LogP) is 4.02. The van der Waals surface area contributed by atoms with Gasteiger partial charge in [0.1, 0.15) is 0 Å². The summed E-state index contributed by atoms with van der Waals surface area (Å²) in [5.74, 6) is 1.09. The van der Waals surface area contributed by atoms with E-state index in [0.717, 1.165) is 17.5 Å². The van der Waals surface area contributed by atoms with Crippen molar-refractivity contribution in [1.82, 2.24) is 4.90 Å². The highest BCUT2D eigenvalue weighted by Gasteiger charge is 2.18. The summed E-state index contributed by atoms with van der Waals surface area (Å²) in [6.07, 6.45) is 2.59. The molecule has 0 N–H and O–H groups in total. The molecule has 0 saturated heterocycles. The molecule has 1 atom stereocenters. The summed E-state index contributed by atoms with van der Waals surface area (Å²) in [4.78, 5) is 14.1. The highest BCUT2D eigenvalue weighted by atomic mass is 16.5. The molecule has 132 valence electrons. The standard InChI is InChI=1S/C21H25NO3/c1-5-9-17-12-13-19(20(14-17)24-4)25-15-21(23)22(3)16(2)18-10-7-6-8-11-18/h5-8,10-14,16H,1,9,15H2,2-4H3. The van der Waals surface area contributed by atoms with Crippen LogP contribution in [0.2, 0.25) is 0 Å². The maximum Gasteiger partial charge on any atom is 0.260 e. The van der Waals surface area contributed by atoms with Crippen molar-refractivity contribution in [1.29, 1.82) is 0 Å². The Hall–Kier alpha value is -2.75. The zero-order chi connectivity index (χ0) is 18.2. The molecule has 0 saturated carbocycles. The van der Waals surface area contributed by atoms with Crippen molar-refractivity contribution in [3.05, 3.63) is 72.3 Å². The van der Waals surface area contributed by atoms with Crippen LogP contribution in [0.3, 0.4) is 0 Å². The normalized spacial score (nSPS) is 11.5. The van der Waals surface area contributed by atoms with Crippen LogP contribution in [0.1, 0.15) is 24.1 Å². The van der Waals surface area contributed by atoms with Crippen LogP contribution in [0.15, 0.2) is 61.2 Å². The summed E-state index contributed by atoms with van der Waals surface area (Å²) in [6.45, 7) is 5.69. The Labute approximate surface area is 149 Å². The molecule has 0 fully saturated rings. The maximum absolute atomic E-state index is 12.4. The summed E-state index contributed by atoms with van der Waals surface area (Å²) in [7, 11) is 3.37. The first-order valence-corrected chi connectivity index (χ1v) is 8.28. The minimum absolute atomic E-state index is 0.0193. The average Bonchev–Trinajstić information content (AvgIpc) is 2.66. The van der Waals surface area contributed by atoms with Crippen LogP contribution < -0.4 is 9.47 Å². The highest BCUT2D eigenvalue weighted by molar-refractivity contribution is 5.78. The Bertz CT molecular complexity index is 712. The zero-order valence-electron chi connectivity index (χ0n) is 15.1. The Morgan fingerprint density at radius 2 is 1.92 bits per heavy atom. The SMILES string of the molecule is C=CCc1ccc(OCC(=O)N(C)C(C)c2ccccc2)c(OC)c1. The predicted molar refractivity (Wildman–Crippen MR) is 100 cm³/mol. The van der Waals surface area contributed by atoms with Crippen molar-refractivity contribution < 1.29 is 14.3 Å². The second kappa shape index (κ2) is 8.92. The second-order valence-electron chi connectivity index (χ2n) is 5.86. The number of methoxy groups -OCH3 is 1. The molecule has 0 aliphatic carbocycles. The third kappa shape index (κ3) is 4.86. The number of amides is 1. The molecule has 2 aromatic carbocycles. The van der Waals surface area contributed by atoms with Crippen LogP contribution in [0.5, 0.6) is 11.5 Å². The maximum atomic E-state index is 12.4. The number of allylic oxidation sites excluding steroid dienone is 1. The van der Waals surface area contributed by atoms with E-state index < -0.39 is 0 Å². The van der Waals surface area contributed by atoms with Crippen LogP contribution in [0.25, 0.3) is 0 Å². The third-order valence-electron chi connectivity index (χ3n) is 4.22. The number of rotatable bonds is 8. The van der Waals surface area contributed by atoms with Gasteiger partial charge in [0.25, 0.3) is 5.91 Å². The smallest absolute Gasteiger partial charge is 0.260 e. The van der Waals surface area contributed by atoms with Gasteiger partial charge in [0.2, 0.25) is 0 Å². The lowest BCUT2D eigenvalue weighted by atomic mass is 10.1. The number of nitrogens with zero attached hydrogens (tertiary/aromatic N) is 1. The Balaban J connectivity index is 2.00. The summed E-state index contributed by atoms with van der Waals surface area (Å²) in [5.41, 5.74) is 2.17. The summed E-state index contributed by atoms with van der Waals surface area (Å²) >= 11 is 0. The Morgan fingerprint density at radius 3 is 2.56 bits per heavy atom. The molecule has 4 nitrogen and oxygen atoms in total. The van der Waals surface area contributed by atoms with Crippen molar-refractivity contribution in [2.24, 2.45) is 0 Å². The number of carbonyl (C=O) groups excluding carboxylic acids is 1. The number of ether oxygens (including phenoxy) is 2. The monoisotopic (exact) mass is 339 g/mol. The van der Waals surface area contributed by atoms with E-state index in [1.54, 1.807) is 19.1 Å². The van der Waals surface area contributed by atoms with Gasteiger partial charge in [-0.25, -0.2) is 0 Å². The molecule has 0 heterocycles. The molecule has 0 spiro atoms. The van der Waals surface area contributed by atoms with Gasteiger partial charge in [-0.3, -0.25) is 4.79 Å². The van der Waals surface area contributed by atoms with Crippen LogP contribution in [-0.4, -0.2) is 31.6 Å². The van der Waals surface area contributed by atoms with Gasteiger partial charge in [0.15, 0.2) is 18.1 Å². The fourth-order valence-electron chi connectivity index (χ4n) is 2.54. The summed E-state index contributed by atoms with van der Waals surface area (Å²) in [5, 5.41) is 0. The highest BCUT2D eigenvalue weighted by Crippen LogP contribution is 2.28. The van der Waals surface area contributed by atoms with E-state index in [1.807, 2.05) is 61.5 Å². The van der Waals surface area contributed by atoms with Crippen LogP contribution in [0.4, 0.5) is 0 Å².